The van der Waals surface area contributed by atoms with Crippen LogP contribution >= 0.6 is 0 Å². The first-order valence-electron chi connectivity index (χ1n) is 10.7. The lowest BCUT2D eigenvalue weighted by molar-refractivity contribution is -0.134. The molecule has 2 aliphatic heterocycles. The highest BCUT2D eigenvalue weighted by molar-refractivity contribution is 5.79. The number of hydrogen-bond donors (Lipinski definition) is 0. The number of hydrogen-bond acceptors (Lipinski definition) is 5. The Bertz CT molecular complexity index is 852. The molecule has 154 valence electrons. The molecule has 1 atom stereocenters. The number of ether oxygens (including phenoxy) is 1. The van der Waals surface area contributed by atoms with Crippen LogP contribution in [0.2, 0.25) is 0 Å². The molecule has 1 saturated heterocycles. The first kappa shape index (κ1) is 19.8. The fourth-order valence-corrected chi connectivity index (χ4v) is 4.28. The molecule has 6 nitrogen and oxygen atoms in total. The molecule has 0 bridgehead atoms. The van der Waals surface area contributed by atoms with E-state index in [9.17, 15) is 4.79 Å². The monoisotopic (exact) mass is 394 g/mol. The zero-order chi connectivity index (χ0) is 20.2. The van der Waals surface area contributed by atoms with Gasteiger partial charge in [0.05, 0.1) is 19.1 Å². The molecule has 0 N–H and O–H groups in total. The van der Waals surface area contributed by atoms with Gasteiger partial charge in [-0.1, -0.05) is 12.1 Å². The number of rotatable bonds is 5. The second-order valence-corrected chi connectivity index (χ2v) is 8.04. The Morgan fingerprint density at radius 3 is 2.83 bits per heavy atom. The third-order valence-electron chi connectivity index (χ3n) is 5.85. The van der Waals surface area contributed by atoms with Gasteiger partial charge in [-0.2, -0.15) is 0 Å². The van der Waals surface area contributed by atoms with Gasteiger partial charge in [-0.05, 0) is 50.9 Å². The van der Waals surface area contributed by atoms with Gasteiger partial charge in [-0.25, -0.2) is 9.97 Å². The van der Waals surface area contributed by atoms with Crippen molar-refractivity contribution >= 4 is 5.91 Å². The van der Waals surface area contributed by atoms with Crippen LogP contribution < -0.4 is 4.74 Å². The minimum atomic E-state index is -0.0103. The van der Waals surface area contributed by atoms with Crippen LogP contribution in [-0.4, -0.2) is 52.4 Å². The zero-order valence-corrected chi connectivity index (χ0v) is 17.4. The number of likely N-dealkylation sites (tertiary alicyclic amines) is 1. The fourth-order valence-electron chi connectivity index (χ4n) is 4.28. The van der Waals surface area contributed by atoms with Crippen LogP contribution in [0.3, 0.4) is 0 Å². The number of amides is 1. The predicted octanol–water partition coefficient (Wildman–Crippen LogP) is 3.16. The molecular formula is C23H30N4O2. The molecule has 29 heavy (non-hydrogen) atoms. The van der Waals surface area contributed by atoms with Crippen LogP contribution in [0.5, 0.6) is 5.75 Å². The summed E-state index contributed by atoms with van der Waals surface area (Å²) in [5.41, 5.74) is 3.38. The van der Waals surface area contributed by atoms with Gasteiger partial charge >= 0.3 is 0 Å². The van der Waals surface area contributed by atoms with E-state index in [1.165, 1.54) is 5.56 Å². The van der Waals surface area contributed by atoms with E-state index in [1.54, 1.807) is 0 Å². The van der Waals surface area contributed by atoms with Gasteiger partial charge < -0.3 is 14.5 Å². The molecule has 1 aromatic carbocycles. The highest BCUT2D eigenvalue weighted by Gasteiger charge is 2.30. The van der Waals surface area contributed by atoms with Crippen molar-refractivity contribution in [2.45, 2.75) is 51.6 Å². The van der Waals surface area contributed by atoms with Gasteiger partial charge in [0, 0.05) is 43.5 Å². The minimum absolute atomic E-state index is 0.0103. The molecule has 1 aromatic heterocycles. The van der Waals surface area contributed by atoms with Gasteiger partial charge in [0.2, 0.25) is 5.91 Å². The molecule has 6 heteroatoms. The number of benzene rings is 1. The molecule has 1 fully saturated rings. The normalized spacial score (nSPS) is 19.7. The summed E-state index contributed by atoms with van der Waals surface area (Å²) in [4.78, 5) is 27.0. The number of nitrogens with zero attached hydrogens (tertiary/aromatic N) is 4. The molecule has 0 aliphatic carbocycles. The van der Waals surface area contributed by atoms with Crippen LogP contribution in [0, 0.1) is 0 Å². The van der Waals surface area contributed by atoms with Crippen LogP contribution in [0.15, 0.2) is 30.5 Å². The molecule has 2 aromatic rings. The van der Waals surface area contributed by atoms with E-state index in [2.05, 4.69) is 16.9 Å². The van der Waals surface area contributed by atoms with Crippen LogP contribution in [-0.2, 0) is 24.2 Å². The first-order valence-corrected chi connectivity index (χ1v) is 10.7. The third-order valence-corrected chi connectivity index (χ3v) is 5.85. The lowest BCUT2D eigenvalue weighted by atomic mass is 9.99. The Morgan fingerprint density at radius 2 is 2.03 bits per heavy atom. The van der Waals surface area contributed by atoms with Gasteiger partial charge in [-0.15, -0.1) is 0 Å². The molecule has 0 spiro atoms. The number of aromatic nitrogens is 2. The van der Waals surface area contributed by atoms with Crippen molar-refractivity contribution < 1.29 is 9.53 Å². The largest absolute Gasteiger partial charge is 0.494 e. The molecule has 0 unspecified atom stereocenters. The van der Waals surface area contributed by atoms with Gasteiger partial charge in [0.15, 0.2) is 5.82 Å². The SMILES string of the molecule is CCOc1ccc(CC(=O)N2CCCC[C@@H]2c2ncc3c(n2)CCN(C)C3)cc1. The summed E-state index contributed by atoms with van der Waals surface area (Å²) < 4.78 is 5.49. The highest BCUT2D eigenvalue weighted by atomic mass is 16.5. The van der Waals surface area contributed by atoms with Crippen molar-refractivity contribution in [1.82, 2.24) is 19.8 Å². The lowest BCUT2D eigenvalue weighted by Crippen LogP contribution is -2.40. The maximum absolute atomic E-state index is 13.1. The molecule has 1 amide bonds. The highest BCUT2D eigenvalue weighted by Crippen LogP contribution is 2.30. The number of fused-ring (bicyclic) bond motifs is 1. The van der Waals surface area contributed by atoms with Crippen LogP contribution in [0.4, 0.5) is 0 Å². The number of carbonyl (C=O) groups excluding carboxylic acids is 1. The summed E-state index contributed by atoms with van der Waals surface area (Å²) in [6, 6.07) is 7.82. The lowest BCUT2D eigenvalue weighted by Gasteiger charge is -2.35. The molecule has 0 radical (unpaired) electrons. The van der Waals surface area contributed by atoms with Crippen LogP contribution in [0.1, 0.15) is 54.9 Å². The predicted molar refractivity (Wildman–Crippen MR) is 112 cm³/mol. The number of likely N-dealkylation sites (N-methyl/N-ethyl adjacent to an activating group) is 1. The summed E-state index contributed by atoms with van der Waals surface area (Å²) in [7, 11) is 2.12. The second-order valence-electron chi connectivity index (χ2n) is 8.04. The Hall–Kier alpha value is -2.47. The topological polar surface area (TPSA) is 58.6 Å². The van der Waals surface area contributed by atoms with E-state index < -0.39 is 0 Å². The van der Waals surface area contributed by atoms with E-state index in [1.807, 2.05) is 42.3 Å². The smallest absolute Gasteiger partial charge is 0.227 e. The molecule has 3 heterocycles. The maximum atomic E-state index is 13.1. The van der Waals surface area contributed by atoms with Crippen molar-refractivity contribution in [2.24, 2.45) is 0 Å². The minimum Gasteiger partial charge on any atom is -0.494 e. The summed E-state index contributed by atoms with van der Waals surface area (Å²) in [6.07, 6.45) is 6.42. The van der Waals surface area contributed by atoms with Crippen molar-refractivity contribution in [3.63, 3.8) is 0 Å². The van der Waals surface area contributed by atoms with E-state index in [0.717, 1.165) is 68.1 Å². The van der Waals surface area contributed by atoms with E-state index in [4.69, 9.17) is 9.72 Å². The van der Waals surface area contributed by atoms with E-state index >= 15 is 0 Å². The molecular weight excluding hydrogens is 364 g/mol. The standard InChI is InChI=1S/C23H30N4O2/c1-3-29-19-9-7-17(8-10-19)14-22(28)27-12-5-4-6-21(27)23-24-15-18-16-26(2)13-11-20(18)25-23/h7-10,15,21H,3-6,11-14,16H2,1-2H3/t21-/m1/s1. The summed E-state index contributed by atoms with van der Waals surface area (Å²) in [6.45, 7) is 5.32. The Morgan fingerprint density at radius 1 is 1.21 bits per heavy atom. The third kappa shape index (κ3) is 4.58. The van der Waals surface area contributed by atoms with Crippen molar-refractivity contribution in [1.29, 1.82) is 0 Å². The van der Waals surface area contributed by atoms with Crippen molar-refractivity contribution in [3.8, 4) is 5.75 Å². The molecule has 4 rings (SSSR count). The second kappa shape index (κ2) is 8.91. The summed E-state index contributed by atoms with van der Waals surface area (Å²) >= 11 is 0. The number of piperidine rings is 1. The molecule has 0 saturated carbocycles. The van der Waals surface area contributed by atoms with Crippen molar-refractivity contribution in [3.05, 3.63) is 53.1 Å². The first-order chi connectivity index (χ1) is 14.1. The summed E-state index contributed by atoms with van der Waals surface area (Å²) in [5, 5.41) is 0. The Balaban J connectivity index is 1.49. The van der Waals surface area contributed by atoms with Gasteiger partial charge in [-0.3, -0.25) is 4.79 Å². The van der Waals surface area contributed by atoms with E-state index in [0.29, 0.717) is 13.0 Å². The fraction of sp³-hybridized carbons (Fsp3) is 0.522. The number of carbonyl (C=O) groups is 1. The van der Waals surface area contributed by atoms with Crippen LogP contribution in [0.25, 0.3) is 0 Å². The van der Waals surface area contributed by atoms with Gasteiger partial charge in [0.1, 0.15) is 5.75 Å². The Labute approximate surface area is 172 Å². The summed E-state index contributed by atoms with van der Waals surface area (Å²) in [5.74, 6) is 1.81. The quantitative estimate of drug-likeness (QED) is 0.780. The average Bonchev–Trinajstić information content (AvgIpc) is 2.75. The zero-order valence-electron chi connectivity index (χ0n) is 17.4. The average molecular weight is 395 g/mol. The Kier molecular flexibility index (Phi) is 6.09. The van der Waals surface area contributed by atoms with Crippen molar-refractivity contribution in [2.75, 3.05) is 26.7 Å². The molecule has 2 aliphatic rings. The van der Waals surface area contributed by atoms with E-state index in [-0.39, 0.29) is 11.9 Å². The maximum Gasteiger partial charge on any atom is 0.227 e. The van der Waals surface area contributed by atoms with Gasteiger partial charge in [0.25, 0.3) is 0 Å².